The van der Waals surface area contributed by atoms with E-state index in [2.05, 4.69) is 26.6 Å². The highest BCUT2D eigenvalue weighted by Gasteiger charge is 2.28. The highest BCUT2D eigenvalue weighted by atomic mass is 16.5. The molecule has 28 heavy (non-hydrogen) atoms. The third kappa shape index (κ3) is 3.56. The first-order valence-corrected chi connectivity index (χ1v) is 9.98. The first-order valence-electron chi connectivity index (χ1n) is 9.98. The van der Waals surface area contributed by atoms with Gasteiger partial charge in [-0.1, -0.05) is 17.3 Å². The molecule has 3 heterocycles. The summed E-state index contributed by atoms with van der Waals surface area (Å²) in [5.74, 6) is 0.848. The van der Waals surface area contributed by atoms with Crippen LogP contribution in [0.3, 0.4) is 0 Å². The third-order valence-corrected chi connectivity index (χ3v) is 5.78. The molecular weight excluding hydrogens is 356 g/mol. The average molecular weight is 384 g/mol. The van der Waals surface area contributed by atoms with Crippen molar-refractivity contribution in [1.29, 1.82) is 0 Å². The summed E-state index contributed by atoms with van der Waals surface area (Å²) in [6.45, 7) is 6.80. The summed E-state index contributed by atoms with van der Waals surface area (Å²) < 4.78 is 7.41. The van der Waals surface area contributed by atoms with Crippen LogP contribution in [0.15, 0.2) is 24.3 Å². The number of carbonyl (C=O) groups is 1. The number of nitrogens with one attached hydrogen (secondary N) is 1. The second-order valence-corrected chi connectivity index (χ2v) is 7.40. The number of rotatable bonds is 4. The van der Waals surface area contributed by atoms with Gasteiger partial charge in [0.15, 0.2) is 5.69 Å². The molecule has 1 N–H and O–H groups in total. The number of hydrogen-bond acceptors (Lipinski definition) is 6. The summed E-state index contributed by atoms with van der Waals surface area (Å²) in [5.41, 5.74) is 2.44. The minimum absolute atomic E-state index is 0.0163. The van der Waals surface area contributed by atoms with Crippen molar-refractivity contribution >= 4 is 11.6 Å². The number of benzene rings is 1. The molecule has 1 amide bonds. The predicted octanol–water partition coefficient (Wildman–Crippen LogP) is 1.48. The standard InChI is InChI=1S/C20H28N6O2/c1-15-19(22-23-26(15)16-7-9-21-10-8-16)20(27)25-13-11-24(12-14-25)17-5-3-4-6-18(17)28-2/h3-6,16,21H,7-14H2,1-2H3. The molecule has 0 atom stereocenters. The van der Waals surface area contributed by atoms with Gasteiger partial charge in [-0.15, -0.1) is 5.10 Å². The molecule has 4 rings (SSSR count). The number of para-hydroxylation sites is 2. The van der Waals surface area contributed by atoms with Crippen molar-refractivity contribution < 1.29 is 9.53 Å². The SMILES string of the molecule is COc1ccccc1N1CCN(C(=O)c2nnn(C3CCNCC3)c2C)CC1. The van der Waals surface area contributed by atoms with E-state index >= 15 is 0 Å². The quantitative estimate of drug-likeness (QED) is 0.861. The van der Waals surface area contributed by atoms with Crippen LogP contribution in [0.1, 0.15) is 35.1 Å². The molecule has 2 aliphatic rings. The summed E-state index contributed by atoms with van der Waals surface area (Å²) >= 11 is 0. The average Bonchev–Trinajstić information content (AvgIpc) is 3.15. The molecular formula is C20H28N6O2. The van der Waals surface area contributed by atoms with Crippen molar-refractivity contribution in [2.75, 3.05) is 51.3 Å². The summed E-state index contributed by atoms with van der Waals surface area (Å²) in [5, 5.41) is 11.9. The van der Waals surface area contributed by atoms with E-state index in [0.29, 0.717) is 24.8 Å². The van der Waals surface area contributed by atoms with Crippen LogP contribution in [0.25, 0.3) is 0 Å². The van der Waals surface area contributed by atoms with Crippen molar-refractivity contribution in [2.45, 2.75) is 25.8 Å². The Balaban J connectivity index is 1.42. The highest BCUT2D eigenvalue weighted by Crippen LogP contribution is 2.28. The summed E-state index contributed by atoms with van der Waals surface area (Å²) in [7, 11) is 1.69. The molecule has 0 bridgehead atoms. The van der Waals surface area contributed by atoms with E-state index in [9.17, 15) is 4.79 Å². The molecule has 1 aromatic carbocycles. The third-order valence-electron chi connectivity index (χ3n) is 5.78. The van der Waals surface area contributed by atoms with Gasteiger partial charge in [0.2, 0.25) is 0 Å². The minimum atomic E-state index is -0.0163. The molecule has 0 saturated carbocycles. The zero-order valence-corrected chi connectivity index (χ0v) is 16.6. The zero-order chi connectivity index (χ0) is 19.5. The second kappa shape index (κ2) is 8.18. The van der Waals surface area contributed by atoms with Crippen molar-refractivity contribution in [3.05, 3.63) is 35.7 Å². The van der Waals surface area contributed by atoms with Gasteiger partial charge in [-0.05, 0) is 45.0 Å². The van der Waals surface area contributed by atoms with Gasteiger partial charge in [-0.2, -0.15) is 0 Å². The van der Waals surface area contributed by atoms with Crippen LogP contribution in [0.2, 0.25) is 0 Å². The van der Waals surface area contributed by atoms with E-state index in [-0.39, 0.29) is 5.91 Å². The number of piperazine rings is 1. The number of anilines is 1. The van der Waals surface area contributed by atoms with E-state index in [0.717, 1.165) is 56.2 Å². The van der Waals surface area contributed by atoms with E-state index in [1.54, 1.807) is 7.11 Å². The number of piperidine rings is 1. The van der Waals surface area contributed by atoms with Crippen LogP contribution in [0.5, 0.6) is 5.75 Å². The molecule has 2 aliphatic heterocycles. The molecule has 8 heteroatoms. The molecule has 0 unspecified atom stereocenters. The zero-order valence-electron chi connectivity index (χ0n) is 16.6. The summed E-state index contributed by atoms with van der Waals surface area (Å²) in [6, 6.07) is 8.34. The molecule has 8 nitrogen and oxygen atoms in total. The fourth-order valence-corrected chi connectivity index (χ4v) is 4.13. The lowest BCUT2D eigenvalue weighted by Gasteiger charge is -2.36. The van der Waals surface area contributed by atoms with Gasteiger partial charge in [0.05, 0.1) is 24.5 Å². The maximum Gasteiger partial charge on any atom is 0.276 e. The van der Waals surface area contributed by atoms with E-state index in [1.807, 2.05) is 34.7 Å². The van der Waals surface area contributed by atoms with Crippen molar-refractivity contribution in [2.24, 2.45) is 0 Å². The fourth-order valence-electron chi connectivity index (χ4n) is 4.13. The first kappa shape index (κ1) is 18.7. The van der Waals surface area contributed by atoms with Crippen LogP contribution in [0.4, 0.5) is 5.69 Å². The topological polar surface area (TPSA) is 75.5 Å². The Morgan fingerprint density at radius 1 is 1.14 bits per heavy atom. The van der Waals surface area contributed by atoms with Gasteiger partial charge < -0.3 is 19.9 Å². The number of methoxy groups -OCH3 is 1. The maximum atomic E-state index is 13.0. The molecule has 2 aromatic rings. The molecule has 2 saturated heterocycles. The van der Waals surface area contributed by atoms with Crippen LogP contribution in [-0.4, -0.2) is 72.2 Å². The second-order valence-electron chi connectivity index (χ2n) is 7.40. The van der Waals surface area contributed by atoms with Crippen molar-refractivity contribution in [3.63, 3.8) is 0 Å². The summed E-state index contributed by atoms with van der Waals surface area (Å²) in [6.07, 6.45) is 2.05. The Labute approximate surface area is 165 Å². The van der Waals surface area contributed by atoms with E-state index in [1.165, 1.54) is 0 Å². The lowest BCUT2D eigenvalue weighted by Crippen LogP contribution is -2.49. The van der Waals surface area contributed by atoms with Gasteiger partial charge in [-0.3, -0.25) is 4.79 Å². The van der Waals surface area contributed by atoms with Crippen LogP contribution >= 0.6 is 0 Å². The highest BCUT2D eigenvalue weighted by molar-refractivity contribution is 5.93. The number of aromatic nitrogens is 3. The Morgan fingerprint density at radius 2 is 1.86 bits per heavy atom. The molecule has 150 valence electrons. The van der Waals surface area contributed by atoms with Gasteiger partial charge in [0.25, 0.3) is 5.91 Å². The van der Waals surface area contributed by atoms with Crippen LogP contribution in [0, 0.1) is 6.92 Å². The van der Waals surface area contributed by atoms with Gasteiger partial charge in [0.1, 0.15) is 5.75 Å². The van der Waals surface area contributed by atoms with Crippen molar-refractivity contribution in [1.82, 2.24) is 25.2 Å². The lowest BCUT2D eigenvalue weighted by molar-refractivity contribution is 0.0740. The van der Waals surface area contributed by atoms with E-state index in [4.69, 9.17) is 4.74 Å². The monoisotopic (exact) mass is 384 g/mol. The van der Waals surface area contributed by atoms with Crippen molar-refractivity contribution in [3.8, 4) is 5.75 Å². The van der Waals surface area contributed by atoms with Gasteiger partial charge in [-0.25, -0.2) is 4.68 Å². The number of carbonyl (C=O) groups excluding carboxylic acids is 1. The number of amides is 1. The lowest BCUT2D eigenvalue weighted by atomic mass is 10.1. The molecule has 0 radical (unpaired) electrons. The van der Waals surface area contributed by atoms with E-state index < -0.39 is 0 Å². The van der Waals surface area contributed by atoms with Gasteiger partial charge >= 0.3 is 0 Å². The Morgan fingerprint density at radius 3 is 2.57 bits per heavy atom. The molecule has 1 aromatic heterocycles. The largest absolute Gasteiger partial charge is 0.495 e. The van der Waals surface area contributed by atoms with Crippen LogP contribution < -0.4 is 15.0 Å². The molecule has 0 spiro atoms. The molecule has 0 aliphatic carbocycles. The predicted molar refractivity (Wildman–Crippen MR) is 107 cm³/mol. The number of hydrogen-bond donors (Lipinski definition) is 1. The Hall–Kier alpha value is -2.61. The molecule has 2 fully saturated rings. The van der Waals surface area contributed by atoms with Crippen LogP contribution in [-0.2, 0) is 0 Å². The Kier molecular flexibility index (Phi) is 5.47. The minimum Gasteiger partial charge on any atom is -0.495 e. The normalized spacial score (nSPS) is 18.4. The Bertz CT molecular complexity index is 822. The number of nitrogens with zero attached hydrogens (tertiary/aromatic N) is 5. The number of ether oxygens (including phenoxy) is 1. The van der Waals surface area contributed by atoms with Gasteiger partial charge in [0, 0.05) is 26.2 Å². The first-order chi connectivity index (χ1) is 13.7. The fraction of sp³-hybridized carbons (Fsp3) is 0.550. The maximum absolute atomic E-state index is 13.0. The summed E-state index contributed by atoms with van der Waals surface area (Å²) in [4.78, 5) is 17.2. The smallest absolute Gasteiger partial charge is 0.276 e.